The summed E-state index contributed by atoms with van der Waals surface area (Å²) in [6.45, 7) is 3.80. The van der Waals surface area contributed by atoms with E-state index in [1.165, 1.54) is 17.0 Å². The van der Waals surface area contributed by atoms with Crippen LogP contribution in [0, 0.1) is 13.8 Å². The third-order valence-corrected chi connectivity index (χ3v) is 4.91. The van der Waals surface area contributed by atoms with Crippen LogP contribution in [0.2, 0.25) is 0 Å². The highest BCUT2D eigenvalue weighted by Gasteiger charge is 2.35. The number of halogens is 1. The Labute approximate surface area is 164 Å². The van der Waals surface area contributed by atoms with Crippen molar-refractivity contribution in [2.75, 3.05) is 4.90 Å². The molecular formula is C19H15BrN2O3S. The number of nitrogens with zero attached hydrogens (tertiary/aromatic N) is 1. The Morgan fingerprint density at radius 3 is 2.58 bits per heavy atom. The molecule has 0 spiro atoms. The predicted octanol–water partition coefficient (Wildman–Crippen LogP) is 3.60. The molecule has 26 heavy (non-hydrogen) atoms. The largest absolute Gasteiger partial charge is 0.507 e. The average molecular weight is 431 g/mol. The van der Waals surface area contributed by atoms with E-state index >= 15 is 0 Å². The summed E-state index contributed by atoms with van der Waals surface area (Å²) in [4.78, 5) is 26.7. The maximum atomic E-state index is 13.0. The van der Waals surface area contributed by atoms with Gasteiger partial charge in [-0.15, -0.1) is 0 Å². The van der Waals surface area contributed by atoms with E-state index in [9.17, 15) is 14.7 Å². The third kappa shape index (κ3) is 3.40. The van der Waals surface area contributed by atoms with Crippen molar-refractivity contribution in [1.82, 2.24) is 5.32 Å². The number of aryl methyl sites for hydroxylation is 2. The van der Waals surface area contributed by atoms with Crippen LogP contribution >= 0.6 is 28.1 Å². The minimum atomic E-state index is -0.550. The number of nitrogens with one attached hydrogen (secondary N) is 1. The van der Waals surface area contributed by atoms with Crippen molar-refractivity contribution >= 4 is 56.8 Å². The summed E-state index contributed by atoms with van der Waals surface area (Å²) < 4.78 is 0.470. The number of rotatable bonds is 2. The fourth-order valence-electron chi connectivity index (χ4n) is 2.62. The molecule has 1 aliphatic rings. The van der Waals surface area contributed by atoms with E-state index in [0.29, 0.717) is 15.7 Å². The van der Waals surface area contributed by atoms with Gasteiger partial charge in [0, 0.05) is 0 Å². The van der Waals surface area contributed by atoms with Gasteiger partial charge < -0.3 is 5.11 Å². The summed E-state index contributed by atoms with van der Waals surface area (Å²) in [5.41, 5.74) is 3.05. The minimum Gasteiger partial charge on any atom is -0.507 e. The highest BCUT2D eigenvalue weighted by Crippen LogP contribution is 2.28. The molecule has 0 unspecified atom stereocenters. The Morgan fingerprint density at radius 2 is 1.88 bits per heavy atom. The molecule has 0 aromatic heterocycles. The van der Waals surface area contributed by atoms with Crippen LogP contribution < -0.4 is 10.2 Å². The monoisotopic (exact) mass is 430 g/mol. The second-order valence-electron chi connectivity index (χ2n) is 5.96. The predicted molar refractivity (Wildman–Crippen MR) is 108 cm³/mol. The molecule has 132 valence electrons. The number of hydrogen-bond donors (Lipinski definition) is 2. The number of phenolic OH excluding ortho intramolecular Hbond substituents is 1. The molecule has 0 aliphatic carbocycles. The molecule has 2 N–H and O–H groups in total. The molecular weight excluding hydrogens is 416 g/mol. The van der Waals surface area contributed by atoms with Crippen molar-refractivity contribution in [3.63, 3.8) is 0 Å². The van der Waals surface area contributed by atoms with Gasteiger partial charge in [0.25, 0.3) is 11.8 Å². The summed E-state index contributed by atoms with van der Waals surface area (Å²) in [6.07, 6.45) is 1.47. The maximum Gasteiger partial charge on any atom is 0.270 e. The van der Waals surface area contributed by atoms with Gasteiger partial charge in [0.05, 0.1) is 10.2 Å². The summed E-state index contributed by atoms with van der Waals surface area (Å²) in [5, 5.41) is 12.2. The lowest BCUT2D eigenvalue weighted by Crippen LogP contribution is -2.54. The van der Waals surface area contributed by atoms with Gasteiger partial charge in [0.1, 0.15) is 11.3 Å². The van der Waals surface area contributed by atoms with Crippen molar-refractivity contribution in [1.29, 1.82) is 0 Å². The van der Waals surface area contributed by atoms with Gasteiger partial charge in [0.15, 0.2) is 5.11 Å². The maximum absolute atomic E-state index is 13.0. The zero-order chi connectivity index (χ0) is 19.0. The molecule has 1 heterocycles. The summed E-state index contributed by atoms with van der Waals surface area (Å²) >= 11 is 8.45. The number of aromatic hydroxyl groups is 1. The Morgan fingerprint density at radius 1 is 1.15 bits per heavy atom. The van der Waals surface area contributed by atoms with Gasteiger partial charge in [-0.25, -0.2) is 0 Å². The van der Waals surface area contributed by atoms with E-state index in [-0.39, 0.29) is 16.4 Å². The van der Waals surface area contributed by atoms with Crippen molar-refractivity contribution in [2.45, 2.75) is 13.8 Å². The van der Waals surface area contributed by atoms with Gasteiger partial charge in [-0.05, 0) is 83.0 Å². The number of amides is 2. The number of carbonyl (C=O) groups excluding carboxylic acids is 2. The van der Waals surface area contributed by atoms with Crippen LogP contribution in [-0.2, 0) is 9.59 Å². The first-order valence-electron chi connectivity index (χ1n) is 7.75. The highest BCUT2D eigenvalue weighted by molar-refractivity contribution is 9.10. The van der Waals surface area contributed by atoms with Gasteiger partial charge in [-0.1, -0.05) is 18.2 Å². The first-order valence-corrected chi connectivity index (χ1v) is 8.95. The third-order valence-electron chi connectivity index (χ3n) is 3.99. The number of phenols is 1. The normalized spacial score (nSPS) is 16.2. The van der Waals surface area contributed by atoms with E-state index in [0.717, 1.165) is 11.1 Å². The molecule has 0 radical (unpaired) electrons. The van der Waals surface area contributed by atoms with Crippen molar-refractivity contribution in [2.24, 2.45) is 0 Å². The van der Waals surface area contributed by atoms with Crippen LogP contribution in [0.4, 0.5) is 5.69 Å². The molecule has 2 aromatic carbocycles. The molecule has 5 nitrogen and oxygen atoms in total. The zero-order valence-corrected chi connectivity index (χ0v) is 16.4. The lowest BCUT2D eigenvalue weighted by Gasteiger charge is -2.30. The van der Waals surface area contributed by atoms with Crippen molar-refractivity contribution in [3.8, 4) is 5.75 Å². The molecule has 1 fully saturated rings. The van der Waals surface area contributed by atoms with Crippen LogP contribution in [-0.4, -0.2) is 22.0 Å². The summed E-state index contributed by atoms with van der Waals surface area (Å²) in [6, 6.07) is 10.4. The standard InChI is InChI=1S/C19H15BrN2O3S/c1-10-3-4-11(2)15(7-10)22-18(25)13(17(24)21-19(22)26)8-12-5-6-16(23)14(20)9-12/h3-9,23H,1-2H3,(H,21,24,26). The molecule has 1 aliphatic heterocycles. The second kappa shape index (κ2) is 7.01. The van der Waals surface area contributed by atoms with Gasteiger partial charge in [-0.2, -0.15) is 0 Å². The Balaban J connectivity index is 2.07. The summed E-state index contributed by atoms with van der Waals surface area (Å²) in [7, 11) is 0. The molecule has 7 heteroatoms. The van der Waals surface area contributed by atoms with Crippen LogP contribution in [0.25, 0.3) is 6.08 Å². The molecule has 0 atom stereocenters. The van der Waals surface area contributed by atoms with Crippen LogP contribution in [0.3, 0.4) is 0 Å². The number of anilines is 1. The minimum absolute atomic E-state index is 0.0305. The lowest BCUT2D eigenvalue weighted by atomic mass is 10.0. The number of benzene rings is 2. The zero-order valence-electron chi connectivity index (χ0n) is 14.0. The SMILES string of the molecule is Cc1ccc(C)c(N2C(=O)C(=Cc3ccc(O)c(Br)c3)C(=O)NC2=S)c1. The number of thiocarbonyl (C=S) groups is 1. The molecule has 2 amide bonds. The number of hydrogen-bond acceptors (Lipinski definition) is 4. The van der Waals surface area contributed by atoms with E-state index in [1.807, 2.05) is 32.0 Å². The van der Waals surface area contributed by atoms with Crippen molar-refractivity contribution in [3.05, 3.63) is 63.1 Å². The molecule has 0 saturated carbocycles. The Hall–Kier alpha value is -2.51. The average Bonchev–Trinajstić information content (AvgIpc) is 2.57. The fourth-order valence-corrected chi connectivity index (χ4v) is 3.29. The van der Waals surface area contributed by atoms with Crippen LogP contribution in [0.1, 0.15) is 16.7 Å². The van der Waals surface area contributed by atoms with Gasteiger partial charge >= 0.3 is 0 Å². The van der Waals surface area contributed by atoms with E-state index < -0.39 is 11.8 Å². The van der Waals surface area contributed by atoms with Crippen LogP contribution in [0.15, 0.2) is 46.4 Å². The molecule has 1 saturated heterocycles. The molecule has 2 aromatic rings. The van der Waals surface area contributed by atoms with E-state index in [4.69, 9.17) is 12.2 Å². The van der Waals surface area contributed by atoms with Crippen LogP contribution in [0.5, 0.6) is 5.75 Å². The Kier molecular flexibility index (Phi) is 4.93. The smallest absolute Gasteiger partial charge is 0.270 e. The van der Waals surface area contributed by atoms with E-state index in [2.05, 4.69) is 21.2 Å². The number of carbonyl (C=O) groups is 2. The molecule has 0 bridgehead atoms. The quantitative estimate of drug-likeness (QED) is 0.433. The van der Waals surface area contributed by atoms with Gasteiger partial charge in [0.2, 0.25) is 0 Å². The van der Waals surface area contributed by atoms with Gasteiger partial charge in [-0.3, -0.25) is 19.8 Å². The lowest BCUT2D eigenvalue weighted by molar-refractivity contribution is -0.122. The summed E-state index contributed by atoms with van der Waals surface area (Å²) in [5.74, 6) is -0.966. The van der Waals surface area contributed by atoms with E-state index in [1.54, 1.807) is 12.1 Å². The fraction of sp³-hybridized carbons (Fsp3) is 0.105. The van der Waals surface area contributed by atoms with Crippen molar-refractivity contribution < 1.29 is 14.7 Å². The first kappa shape index (κ1) is 18.3. The molecule has 3 rings (SSSR count). The topological polar surface area (TPSA) is 69.6 Å². The highest BCUT2D eigenvalue weighted by atomic mass is 79.9. The first-order chi connectivity index (χ1) is 12.3. The Bertz CT molecular complexity index is 985. The second-order valence-corrected chi connectivity index (χ2v) is 7.20.